The molecule has 2 heterocycles. The van der Waals surface area contributed by atoms with Gasteiger partial charge in [0, 0.05) is 19.0 Å². The Morgan fingerprint density at radius 2 is 1.94 bits per heavy atom. The van der Waals surface area contributed by atoms with E-state index in [0.717, 1.165) is 12.8 Å². The third-order valence-electron chi connectivity index (χ3n) is 2.92. The van der Waals surface area contributed by atoms with Gasteiger partial charge in [-0.25, -0.2) is 0 Å². The molecular weight excluding hydrogens is 244 g/mol. The Bertz CT molecular complexity index is 363. The monoisotopic (exact) mass is 264 g/mol. The van der Waals surface area contributed by atoms with Crippen LogP contribution in [0.15, 0.2) is 0 Å². The van der Waals surface area contributed by atoms with Crippen LogP contribution < -0.4 is 4.72 Å². The fourth-order valence-corrected chi connectivity index (χ4v) is 3.74. The van der Waals surface area contributed by atoms with Gasteiger partial charge < -0.3 is 9.47 Å². The summed E-state index contributed by atoms with van der Waals surface area (Å²) in [6, 6.07) is -0.108. The lowest BCUT2D eigenvalue weighted by Crippen LogP contribution is -2.54. The summed E-state index contributed by atoms with van der Waals surface area (Å²) >= 11 is 0. The fourth-order valence-electron chi connectivity index (χ4n) is 2.26. The van der Waals surface area contributed by atoms with Gasteiger partial charge >= 0.3 is 0 Å². The summed E-state index contributed by atoms with van der Waals surface area (Å²) in [7, 11) is -3.42. The first kappa shape index (κ1) is 13.2. The van der Waals surface area contributed by atoms with Gasteiger partial charge in [0.05, 0.1) is 19.8 Å². The summed E-state index contributed by atoms with van der Waals surface area (Å²) in [6.07, 6.45) is 1.53. The van der Waals surface area contributed by atoms with Gasteiger partial charge in [0.1, 0.15) is 0 Å². The molecule has 0 amide bonds. The van der Waals surface area contributed by atoms with E-state index in [-0.39, 0.29) is 12.6 Å². The molecule has 2 rings (SSSR count). The van der Waals surface area contributed by atoms with Crippen molar-refractivity contribution in [1.82, 2.24) is 9.03 Å². The van der Waals surface area contributed by atoms with E-state index in [1.54, 1.807) is 13.8 Å². The number of ether oxygens (including phenoxy) is 2. The van der Waals surface area contributed by atoms with Gasteiger partial charge in [0.15, 0.2) is 5.79 Å². The van der Waals surface area contributed by atoms with Gasteiger partial charge in [0.2, 0.25) is 0 Å². The molecule has 2 aliphatic rings. The Morgan fingerprint density at radius 1 is 1.29 bits per heavy atom. The standard InChI is InChI=1S/C10H20N2O4S/c1-9(2)11-17(13,14)12-5-3-4-10(8-12)15-6-7-16-10/h9,11H,3-8H2,1-2H3. The zero-order chi connectivity index (χ0) is 12.5. The Hall–Kier alpha value is -0.210. The molecule has 100 valence electrons. The minimum Gasteiger partial charge on any atom is -0.346 e. The minimum atomic E-state index is -3.42. The zero-order valence-electron chi connectivity index (χ0n) is 10.3. The first-order chi connectivity index (χ1) is 7.94. The van der Waals surface area contributed by atoms with Crippen molar-refractivity contribution in [3.05, 3.63) is 0 Å². The predicted octanol–water partition coefficient (Wildman–Crippen LogP) is 0.0681. The number of piperidine rings is 1. The molecule has 1 N–H and O–H groups in total. The quantitative estimate of drug-likeness (QED) is 0.783. The van der Waals surface area contributed by atoms with Crippen LogP contribution in [-0.4, -0.2) is 50.9 Å². The number of hydrogen-bond acceptors (Lipinski definition) is 4. The maximum absolute atomic E-state index is 12.0. The molecule has 0 unspecified atom stereocenters. The molecule has 0 aromatic heterocycles. The van der Waals surface area contributed by atoms with E-state index in [9.17, 15) is 8.42 Å². The number of nitrogens with one attached hydrogen (secondary N) is 1. The van der Waals surface area contributed by atoms with Crippen molar-refractivity contribution >= 4 is 10.2 Å². The molecule has 0 aromatic rings. The molecule has 2 saturated heterocycles. The van der Waals surface area contributed by atoms with Crippen LogP contribution in [0, 0.1) is 0 Å². The van der Waals surface area contributed by atoms with E-state index in [1.165, 1.54) is 4.31 Å². The van der Waals surface area contributed by atoms with Crippen LogP contribution in [0.1, 0.15) is 26.7 Å². The Labute approximate surface area is 102 Å². The van der Waals surface area contributed by atoms with Gasteiger partial charge in [0.25, 0.3) is 10.2 Å². The number of hydrogen-bond donors (Lipinski definition) is 1. The van der Waals surface area contributed by atoms with E-state index in [1.807, 2.05) is 0 Å². The molecule has 0 bridgehead atoms. The van der Waals surface area contributed by atoms with Crippen molar-refractivity contribution in [2.45, 2.75) is 38.5 Å². The third-order valence-corrected chi connectivity index (χ3v) is 4.68. The van der Waals surface area contributed by atoms with Gasteiger partial charge in [-0.15, -0.1) is 0 Å². The molecular formula is C10H20N2O4S. The highest BCUT2D eigenvalue weighted by atomic mass is 32.2. The highest BCUT2D eigenvalue weighted by Crippen LogP contribution is 2.30. The van der Waals surface area contributed by atoms with E-state index < -0.39 is 16.0 Å². The average molecular weight is 264 g/mol. The molecule has 17 heavy (non-hydrogen) atoms. The van der Waals surface area contributed by atoms with E-state index in [4.69, 9.17) is 9.47 Å². The van der Waals surface area contributed by atoms with Gasteiger partial charge in [-0.1, -0.05) is 0 Å². The molecule has 0 aromatic carbocycles. The topological polar surface area (TPSA) is 67.9 Å². The maximum Gasteiger partial charge on any atom is 0.279 e. The molecule has 1 spiro atoms. The van der Waals surface area contributed by atoms with Crippen LogP contribution >= 0.6 is 0 Å². The molecule has 2 aliphatic heterocycles. The van der Waals surface area contributed by atoms with E-state index in [0.29, 0.717) is 19.8 Å². The minimum absolute atomic E-state index is 0.108. The van der Waals surface area contributed by atoms with Crippen LogP contribution in [0.25, 0.3) is 0 Å². The molecule has 0 aliphatic carbocycles. The fraction of sp³-hybridized carbons (Fsp3) is 1.00. The lowest BCUT2D eigenvalue weighted by Gasteiger charge is -2.37. The predicted molar refractivity (Wildman–Crippen MR) is 62.6 cm³/mol. The molecule has 0 radical (unpaired) electrons. The second-order valence-corrected chi connectivity index (χ2v) is 6.52. The normalized spacial score (nSPS) is 25.8. The van der Waals surface area contributed by atoms with Crippen molar-refractivity contribution in [3.63, 3.8) is 0 Å². The van der Waals surface area contributed by atoms with Crippen molar-refractivity contribution in [3.8, 4) is 0 Å². The molecule has 2 fully saturated rings. The Balaban J connectivity index is 2.06. The smallest absolute Gasteiger partial charge is 0.279 e. The lowest BCUT2D eigenvalue weighted by molar-refractivity contribution is -0.179. The average Bonchev–Trinajstić information content (AvgIpc) is 2.64. The van der Waals surface area contributed by atoms with E-state index in [2.05, 4.69) is 4.72 Å². The number of rotatable bonds is 3. The number of nitrogens with zero attached hydrogens (tertiary/aromatic N) is 1. The molecule has 6 nitrogen and oxygen atoms in total. The third kappa shape index (κ3) is 2.97. The summed E-state index contributed by atoms with van der Waals surface area (Å²) < 4.78 is 39.2. The van der Waals surface area contributed by atoms with Gasteiger partial charge in [-0.3, -0.25) is 0 Å². The summed E-state index contributed by atoms with van der Waals surface area (Å²) in [6.45, 7) is 5.52. The van der Waals surface area contributed by atoms with Crippen LogP contribution in [0.5, 0.6) is 0 Å². The summed E-state index contributed by atoms with van der Waals surface area (Å²) in [5, 5.41) is 0. The van der Waals surface area contributed by atoms with Crippen molar-refractivity contribution in [1.29, 1.82) is 0 Å². The maximum atomic E-state index is 12.0. The van der Waals surface area contributed by atoms with Gasteiger partial charge in [-0.2, -0.15) is 17.4 Å². The van der Waals surface area contributed by atoms with Crippen molar-refractivity contribution in [2.75, 3.05) is 26.3 Å². The summed E-state index contributed by atoms with van der Waals surface area (Å²) in [5.74, 6) is -0.704. The summed E-state index contributed by atoms with van der Waals surface area (Å²) in [4.78, 5) is 0. The lowest BCUT2D eigenvalue weighted by atomic mass is 10.1. The van der Waals surface area contributed by atoms with Gasteiger partial charge in [-0.05, 0) is 20.3 Å². The second-order valence-electron chi connectivity index (χ2n) is 4.82. The second kappa shape index (κ2) is 4.81. The summed E-state index contributed by atoms with van der Waals surface area (Å²) in [5.41, 5.74) is 0. The van der Waals surface area contributed by atoms with Crippen molar-refractivity contribution in [2.24, 2.45) is 0 Å². The van der Waals surface area contributed by atoms with Crippen LogP contribution in [0.3, 0.4) is 0 Å². The Morgan fingerprint density at radius 3 is 2.53 bits per heavy atom. The van der Waals surface area contributed by atoms with Crippen LogP contribution in [-0.2, 0) is 19.7 Å². The molecule has 7 heteroatoms. The van der Waals surface area contributed by atoms with Crippen molar-refractivity contribution < 1.29 is 17.9 Å². The first-order valence-corrected chi connectivity index (χ1v) is 7.43. The van der Waals surface area contributed by atoms with E-state index >= 15 is 0 Å². The van der Waals surface area contributed by atoms with Crippen LogP contribution in [0.2, 0.25) is 0 Å². The Kier molecular flexibility index (Phi) is 3.74. The van der Waals surface area contributed by atoms with Crippen LogP contribution in [0.4, 0.5) is 0 Å². The largest absolute Gasteiger partial charge is 0.346 e. The SMILES string of the molecule is CC(C)NS(=O)(=O)N1CCCC2(C1)OCCO2. The highest BCUT2D eigenvalue weighted by Gasteiger charge is 2.44. The first-order valence-electron chi connectivity index (χ1n) is 5.99. The highest BCUT2D eigenvalue weighted by molar-refractivity contribution is 7.87. The molecule has 0 atom stereocenters. The molecule has 0 saturated carbocycles. The zero-order valence-corrected chi connectivity index (χ0v) is 11.1.